The van der Waals surface area contributed by atoms with Gasteiger partial charge in [0.1, 0.15) is 0 Å². The molecule has 1 aliphatic rings. The first-order valence-corrected chi connectivity index (χ1v) is 8.62. The normalized spacial score (nSPS) is 16.4. The molecular formula is C21H21N3O2. The van der Waals surface area contributed by atoms with E-state index in [-0.39, 0.29) is 24.3 Å². The van der Waals surface area contributed by atoms with Crippen LogP contribution in [0.2, 0.25) is 0 Å². The van der Waals surface area contributed by atoms with Crippen molar-refractivity contribution in [2.24, 2.45) is 0 Å². The lowest BCUT2D eigenvalue weighted by molar-refractivity contribution is -0.121. The third-order valence-electron chi connectivity index (χ3n) is 4.63. The number of carbonyl (C=O) groups is 2. The predicted octanol–water partition coefficient (Wildman–Crippen LogP) is 2.64. The van der Waals surface area contributed by atoms with Crippen LogP contribution in [0.15, 0.2) is 42.5 Å². The molecule has 0 aromatic heterocycles. The summed E-state index contributed by atoms with van der Waals surface area (Å²) in [5, 5.41) is 12.0. The van der Waals surface area contributed by atoms with Gasteiger partial charge in [-0.05, 0) is 43.2 Å². The maximum Gasteiger partial charge on any atom is 0.229 e. The van der Waals surface area contributed by atoms with E-state index in [9.17, 15) is 9.59 Å². The number of hydrogen-bond acceptors (Lipinski definition) is 3. The summed E-state index contributed by atoms with van der Waals surface area (Å²) in [4.78, 5) is 26.3. The van der Waals surface area contributed by atoms with Crippen molar-refractivity contribution in [2.75, 3.05) is 11.4 Å². The van der Waals surface area contributed by atoms with Gasteiger partial charge in [-0.2, -0.15) is 5.26 Å². The largest absolute Gasteiger partial charge is 0.351 e. The Bertz CT molecular complexity index is 898. The van der Waals surface area contributed by atoms with Gasteiger partial charge in [-0.3, -0.25) is 9.59 Å². The molecule has 0 spiro atoms. The highest BCUT2D eigenvalue weighted by molar-refractivity contribution is 5.97. The monoisotopic (exact) mass is 347 g/mol. The first kappa shape index (κ1) is 17.7. The molecule has 132 valence electrons. The minimum absolute atomic E-state index is 0.0443. The second-order valence-corrected chi connectivity index (χ2v) is 6.74. The lowest BCUT2D eigenvalue weighted by Gasteiger charge is -2.17. The highest BCUT2D eigenvalue weighted by Crippen LogP contribution is 2.22. The standard InChI is InChI=1S/C21H21N3O2/c1-14-6-7-15(2)17(8-14)10-20(25)23-18-11-21(26)24(13-18)19-5-3-4-16(9-19)12-22/h3-9,18H,10-11,13H2,1-2H3,(H,23,25). The first-order valence-electron chi connectivity index (χ1n) is 8.62. The number of amides is 2. The van der Waals surface area contributed by atoms with Gasteiger partial charge in [0.2, 0.25) is 11.8 Å². The van der Waals surface area contributed by atoms with Crippen molar-refractivity contribution < 1.29 is 9.59 Å². The van der Waals surface area contributed by atoms with E-state index in [1.807, 2.05) is 32.0 Å². The molecule has 0 bridgehead atoms. The summed E-state index contributed by atoms with van der Waals surface area (Å²) < 4.78 is 0. The number of anilines is 1. The molecule has 0 radical (unpaired) electrons. The van der Waals surface area contributed by atoms with E-state index in [0.717, 1.165) is 16.7 Å². The fraction of sp³-hybridized carbons (Fsp3) is 0.286. The van der Waals surface area contributed by atoms with Crippen molar-refractivity contribution in [3.05, 3.63) is 64.7 Å². The third-order valence-corrected chi connectivity index (χ3v) is 4.63. The molecule has 1 saturated heterocycles. The molecule has 1 unspecified atom stereocenters. The van der Waals surface area contributed by atoms with E-state index in [4.69, 9.17) is 5.26 Å². The molecule has 1 fully saturated rings. The highest BCUT2D eigenvalue weighted by atomic mass is 16.2. The molecule has 1 N–H and O–H groups in total. The van der Waals surface area contributed by atoms with Gasteiger partial charge in [0.15, 0.2) is 0 Å². The van der Waals surface area contributed by atoms with E-state index in [2.05, 4.69) is 11.4 Å². The predicted molar refractivity (Wildman–Crippen MR) is 99.7 cm³/mol. The van der Waals surface area contributed by atoms with E-state index in [1.165, 1.54) is 0 Å². The molecule has 26 heavy (non-hydrogen) atoms. The molecular weight excluding hydrogens is 326 g/mol. The number of nitriles is 1. The molecule has 5 heteroatoms. The Kier molecular flexibility index (Phi) is 5.04. The zero-order valence-electron chi connectivity index (χ0n) is 15.0. The zero-order valence-corrected chi connectivity index (χ0v) is 15.0. The smallest absolute Gasteiger partial charge is 0.229 e. The van der Waals surface area contributed by atoms with Crippen LogP contribution in [0.1, 0.15) is 28.7 Å². The Labute approximate surface area is 153 Å². The SMILES string of the molecule is Cc1ccc(C)c(CC(=O)NC2CC(=O)N(c3cccc(C#N)c3)C2)c1. The second kappa shape index (κ2) is 7.40. The van der Waals surface area contributed by atoms with Gasteiger partial charge in [-0.25, -0.2) is 0 Å². The van der Waals surface area contributed by atoms with Crippen LogP contribution < -0.4 is 10.2 Å². The van der Waals surface area contributed by atoms with Gasteiger partial charge in [0.25, 0.3) is 0 Å². The molecule has 2 aromatic carbocycles. The van der Waals surface area contributed by atoms with Gasteiger partial charge in [-0.1, -0.05) is 29.8 Å². The fourth-order valence-corrected chi connectivity index (χ4v) is 3.24. The maximum atomic E-state index is 12.4. The number of hydrogen-bond donors (Lipinski definition) is 1. The number of rotatable bonds is 4. The van der Waals surface area contributed by atoms with Gasteiger partial charge in [-0.15, -0.1) is 0 Å². The summed E-state index contributed by atoms with van der Waals surface area (Å²) in [7, 11) is 0. The zero-order chi connectivity index (χ0) is 18.7. The maximum absolute atomic E-state index is 12.4. The van der Waals surface area contributed by atoms with Crippen molar-refractivity contribution in [1.82, 2.24) is 5.32 Å². The van der Waals surface area contributed by atoms with Crippen LogP contribution in [0.5, 0.6) is 0 Å². The number of nitrogens with one attached hydrogen (secondary N) is 1. The van der Waals surface area contributed by atoms with Gasteiger partial charge >= 0.3 is 0 Å². The quantitative estimate of drug-likeness (QED) is 0.924. The lowest BCUT2D eigenvalue weighted by atomic mass is 10.0. The summed E-state index contributed by atoms with van der Waals surface area (Å²) in [6.45, 7) is 4.42. The van der Waals surface area contributed by atoms with Crippen LogP contribution in [-0.4, -0.2) is 24.4 Å². The minimum atomic E-state index is -0.217. The number of nitrogens with zero attached hydrogens (tertiary/aromatic N) is 2. The molecule has 2 aromatic rings. The molecule has 0 saturated carbocycles. The molecule has 1 heterocycles. The summed E-state index contributed by atoms with van der Waals surface area (Å²) in [5.41, 5.74) is 4.42. The van der Waals surface area contributed by atoms with Crippen molar-refractivity contribution in [3.63, 3.8) is 0 Å². The number of aryl methyl sites for hydroxylation is 2. The molecule has 0 aliphatic carbocycles. The van der Waals surface area contributed by atoms with Crippen LogP contribution in [0.3, 0.4) is 0 Å². The van der Waals surface area contributed by atoms with Crippen LogP contribution in [0.25, 0.3) is 0 Å². The topological polar surface area (TPSA) is 73.2 Å². The number of benzene rings is 2. The Morgan fingerprint density at radius 2 is 2.08 bits per heavy atom. The summed E-state index contributed by atoms with van der Waals surface area (Å²) in [6.07, 6.45) is 0.581. The van der Waals surface area contributed by atoms with Crippen molar-refractivity contribution >= 4 is 17.5 Å². The highest BCUT2D eigenvalue weighted by Gasteiger charge is 2.31. The van der Waals surface area contributed by atoms with Gasteiger partial charge < -0.3 is 10.2 Å². The molecule has 2 amide bonds. The first-order chi connectivity index (χ1) is 12.5. The Morgan fingerprint density at radius 1 is 1.27 bits per heavy atom. The average Bonchev–Trinajstić information content (AvgIpc) is 2.98. The molecule has 1 atom stereocenters. The molecule has 5 nitrogen and oxygen atoms in total. The Hall–Kier alpha value is -3.13. The molecule has 3 rings (SSSR count). The Morgan fingerprint density at radius 3 is 2.85 bits per heavy atom. The summed E-state index contributed by atoms with van der Waals surface area (Å²) >= 11 is 0. The van der Waals surface area contributed by atoms with Gasteiger partial charge in [0, 0.05) is 18.7 Å². The van der Waals surface area contributed by atoms with Gasteiger partial charge in [0.05, 0.1) is 24.1 Å². The van der Waals surface area contributed by atoms with Crippen molar-refractivity contribution in [1.29, 1.82) is 5.26 Å². The van der Waals surface area contributed by atoms with E-state index < -0.39 is 0 Å². The Balaban J connectivity index is 1.64. The summed E-state index contributed by atoms with van der Waals surface area (Å²) in [5.74, 6) is -0.124. The van der Waals surface area contributed by atoms with Crippen LogP contribution in [-0.2, 0) is 16.0 Å². The van der Waals surface area contributed by atoms with Crippen molar-refractivity contribution in [2.45, 2.75) is 32.7 Å². The number of carbonyl (C=O) groups excluding carboxylic acids is 2. The molecule has 1 aliphatic heterocycles. The lowest BCUT2D eigenvalue weighted by Crippen LogP contribution is -2.38. The van der Waals surface area contributed by atoms with Crippen LogP contribution in [0.4, 0.5) is 5.69 Å². The average molecular weight is 347 g/mol. The van der Waals surface area contributed by atoms with E-state index >= 15 is 0 Å². The second-order valence-electron chi connectivity index (χ2n) is 6.74. The summed E-state index contributed by atoms with van der Waals surface area (Å²) in [6, 6.07) is 14.9. The van der Waals surface area contributed by atoms with Crippen LogP contribution >= 0.6 is 0 Å². The van der Waals surface area contributed by atoms with E-state index in [1.54, 1.807) is 29.2 Å². The van der Waals surface area contributed by atoms with E-state index in [0.29, 0.717) is 24.2 Å². The minimum Gasteiger partial charge on any atom is -0.351 e. The third kappa shape index (κ3) is 3.92. The van der Waals surface area contributed by atoms with Crippen molar-refractivity contribution in [3.8, 4) is 6.07 Å². The van der Waals surface area contributed by atoms with Crippen LogP contribution in [0, 0.1) is 25.2 Å². The fourth-order valence-electron chi connectivity index (χ4n) is 3.24.